The summed E-state index contributed by atoms with van der Waals surface area (Å²) in [6.45, 7) is 0.866. The Bertz CT molecular complexity index is 629. The predicted molar refractivity (Wildman–Crippen MR) is 89.8 cm³/mol. The van der Waals surface area contributed by atoms with Crippen LogP contribution in [0.2, 0.25) is 0 Å². The standard InChI is InChI=1S/C14H15N3O3S2/c18-13(10-3-5-11(6-4-10)17(19)20)9-16-14(21)15-8-12-2-1-7-22-12/h1-7,13,18H,8-9H2,(H2,15,16,21). The number of non-ortho nitro benzene ring substituents is 1. The summed E-state index contributed by atoms with van der Waals surface area (Å²) in [6, 6.07) is 9.78. The minimum absolute atomic E-state index is 0.00274. The molecule has 0 saturated heterocycles. The summed E-state index contributed by atoms with van der Waals surface area (Å²) in [5.74, 6) is 0. The summed E-state index contributed by atoms with van der Waals surface area (Å²) >= 11 is 6.77. The Kier molecular flexibility index (Phi) is 5.82. The number of nitrogens with zero attached hydrogens (tertiary/aromatic N) is 1. The Balaban J connectivity index is 1.77. The first-order valence-electron chi connectivity index (χ1n) is 6.53. The third kappa shape index (κ3) is 4.76. The van der Waals surface area contributed by atoms with Gasteiger partial charge in [-0.2, -0.15) is 0 Å². The molecule has 2 rings (SSSR count). The van der Waals surface area contributed by atoms with E-state index >= 15 is 0 Å². The number of benzene rings is 1. The van der Waals surface area contributed by atoms with Crippen LogP contribution in [0.3, 0.4) is 0 Å². The fraction of sp³-hybridized carbons (Fsp3) is 0.214. The highest BCUT2D eigenvalue weighted by Crippen LogP contribution is 2.17. The number of thiocarbonyl (C=S) groups is 1. The fourth-order valence-corrected chi connectivity index (χ4v) is 2.57. The molecule has 0 aliphatic rings. The summed E-state index contributed by atoms with van der Waals surface area (Å²) in [5.41, 5.74) is 0.594. The molecular weight excluding hydrogens is 322 g/mol. The predicted octanol–water partition coefficient (Wildman–Crippen LogP) is 2.35. The fourth-order valence-electron chi connectivity index (χ4n) is 1.77. The molecule has 1 aromatic carbocycles. The van der Waals surface area contributed by atoms with E-state index in [0.717, 1.165) is 0 Å². The van der Waals surface area contributed by atoms with E-state index in [1.807, 2.05) is 17.5 Å². The number of nitrogens with one attached hydrogen (secondary N) is 2. The van der Waals surface area contributed by atoms with Crippen molar-refractivity contribution in [1.82, 2.24) is 10.6 Å². The van der Waals surface area contributed by atoms with Gasteiger partial charge in [0, 0.05) is 23.6 Å². The maximum atomic E-state index is 10.6. The molecule has 1 heterocycles. The van der Waals surface area contributed by atoms with Crippen LogP contribution in [0.1, 0.15) is 16.5 Å². The van der Waals surface area contributed by atoms with Gasteiger partial charge < -0.3 is 15.7 Å². The molecule has 3 N–H and O–H groups in total. The molecule has 2 aromatic rings. The van der Waals surface area contributed by atoms with Crippen molar-refractivity contribution in [2.24, 2.45) is 0 Å². The normalized spacial score (nSPS) is 11.7. The van der Waals surface area contributed by atoms with E-state index in [-0.39, 0.29) is 12.2 Å². The first-order chi connectivity index (χ1) is 10.6. The molecule has 0 saturated carbocycles. The maximum absolute atomic E-state index is 10.6. The van der Waals surface area contributed by atoms with Crippen molar-refractivity contribution < 1.29 is 10.0 Å². The zero-order valence-corrected chi connectivity index (χ0v) is 13.2. The molecule has 0 fully saturated rings. The first kappa shape index (κ1) is 16.3. The van der Waals surface area contributed by atoms with Gasteiger partial charge in [0.2, 0.25) is 0 Å². The van der Waals surface area contributed by atoms with E-state index in [4.69, 9.17) is 12.2 Å². The van der Waals surface area contributed by atoms with Crippen molar-refractivity contribution in [3.63, 3.8) is 0 Å². The molecular formula is C14H15N3O3S2. The van der Waals surface area contributed by atoms with Crippen LogP contribution < -0.4 is 10.6 Å². The average molecular weight is 337 g/mol. The van der Waals surface area contributed by atoms with Crippen molar-refractivity contribution in [2.75, 3.05) is 6.54 Å². The zero-order valence-electron chi connectivity index (χ0n) is 11.6. The number of nitro benzene ring substituents is 1. The molecule has 0 bridgehead atoms. The van der Waals surface area contributed by atoms with Crippen LogP contribution >= 0.6 is 23.6 Å². The Labute approximate surface area is 136 Å². The summed E-state index contributed by atoms with van der Waals surface area (Å²) in [6.07, 6.45) is -0.790. The lowest BCUT2D eigenvalue weighted by atomic mass is 10.1. The average Bonchev–Trinajstić information content (AvgIpc) is 3.04. The number of hydrogen-bond acceptors (Lipinski definition) is 5. The van der Waals surface area contributed by atoms with Crippen LogP contribution in [0.25, 0.3) is 0 Å². The molecule has 0 spiro atoms. The van der Waals surface area contributed by atoms with Crippen LogP contribution in [-0.2, 0) is 6.54 Å². The van der Waals surface area contributed by atoms with Gasteiger partial charge in [0.15, 0.2) is 5.11 Å². The molecule has 0 radical (unpaired) electrons. The molecule has 0 aliphatic carbocycles. The minimum atomic E-state index is -0.790. The van der Waals surface area contributed by atoms with Gasteiger partial charge in [-0.25, -0.2) is 0 Å². The SMILES string of the molecule is O=[N+]([O-])c1ccc(C(O)CNC(=S)NCc2cccs2)cc1. The molecule has 8 heteroatoms. The monoisotopic (exact) mass is 337 g/mol. The Morgan fingerprint density at radius 3 is 2.64 bits per heavy atom. The second-order valence-electron chi connectivity index (χ2n) is 4.51. The number of rotatable bonds is 6. The smallest absolute Gasteiger partial charge is 0.269 e. The topological polar surface area (TPSA) is 87.4 Å². The van der Waals surface area contributed by atoms with Crippen LogP contribution in [-0.4, -0.2) is 21.7 Å². The number of aliphatic hydroxyl groups is 1. The van der Waals surface area contributed by atoms with Gasteiger partial charge in [-0.15, -0.1) is 11.3 Å². The van der Waals surface area contributed by atoms with E-state index in [1.165, 1.54) is 29.1 Å². The third-order valence-electron chi connectivity index (χ3n) is 2.95. The van der Waals surface area contributed by atoms with E-state index in [0.29, 0.717) is 17.2 Å². The van der Waals surface area contributed by atoms with Gasteiger partial charge in [-0.3, -0.25) is 10.1 Å². The second kappa shape index (κ2) is 7.83. The molecule has 0 amide bonds. The van der Waals surface area contributed by atoms with E-state index in [9.17, 15) is 15.2 Å². The highest BCUT2D eigenvalue weighted by molar-refractivity contribution is 7.80. The lowest BCUT2D eigenvalue weighted by Gasteiger charge is -2.14. The molecule has 22 heavy (non-hydrogen) atoms. The number of nitro groups is 1. The molecule has 0 aliphatic heterocycles. The molecule has 1 aromatic heterocycles. The van der Waals surface area contributed by atoms with Gasteiger partial charge in [-0.1, -0.05) is 6.07 Å². The van der Waals surface area contributed by atoms with E-state index in [2.05, 4.69) is 10.6 Å². The zero-order chi connectivity index (χ0) is 15.9. The summed E-state index contributed by atoms with van der Waals surface area (Å²) < 4.78 is 0. The summed E-state index contributed by atoms with van der Waals surface area (Å²) in [4.78, 5) is 11.3. The van der Waals surface area contributed by atoms with Gasteiger partial charge in [-0.05, 0) is 41.4 Å². The van der Waals surface area contributed by atoms with E-state index in [1.54, 1.807) is 11.3 Å². The molecule has 1 atom stereocenters. The van der Waals surface area contributed by atoms with Crippen molar-refractivity contribution in [2.45, 2.75) is 12.6 Å². The summed E-state index contributed by atoms with van der Waals surface area (Å²) in [5, 5.41) is 29.0. The molecule has 6 nitrogen and oxygen atoms in total. The summed E-state index contributed by atoms with van der Waals surface area (Å²) in [7, 11) is 0. The van der Waals surface area contributed by atoms with E-state index < -0.39 is 11.0 Å². The molecule has 116 valence electrons. The van der Waals surface area contributed by atoms with Crippen LogP contribution in [0.15, 0.2) is 41.8 Å². The lowest BCUT2D eigenvalue weighted by Crippen LogP contribution is -2.37. The number of aliphatic hydroxyl groups excluding tert-OH is 1. The van der Waals surface area contributed by atoms with Crippen LogP contribution in [0, 0.1) is 10.1 Å². The van der Waals surface area contributed by atoms with Crippen LogP contribution in [0.5, 0.6) is 0 Å². The quantitative estimate of drug-likeness (QED) is 0.426. The highest BCUT2D eigenvalue weighted by Gasteiger charge is 2.10. The van der Waals surface area contributed by atoms with Crippen molar-refractivity contribution in [3.8, 4) is 0 Å². The Morgan fingerprint density at radius 2 is 2.05 bits per heavy atom. The van der Waals surface area contributed by atoms with Gasteiger partial charge >= 0.3 is 0 Å². The minimum Gasteiger partial charge on any atom is -0.387 e. The largest absolute Gasteiger partial charge is 0.387 e. The highest BCUT2D eigenvalue weighted by atomic mass is 32.1. The van der Waals surface area contributed by atoms with Gasteiger partial charge in [0.05, 0.1) is 17.6 Å². The number of hydrogen-bond donors (Lipinski definition) is 3. The molecule has 1 unspecified atom stereocenters. The van der Waals surface area contributed by atoms with Crippen molar-refractivity contribution >= 4 is 34.4 Å². The van der Waals surface area contributed by atoms with Crippen molar-refractivity contribution in [3.05, 3.63) is 62.3 Å². The first-order valence-corrected chi connectivity index (χ1v) is 7.81. The van der Waals surface area contributed by atoms with Gasteiger partial charge in [0.1, 0.15) is 0 Å². The maximum Gasteiger partial charge on any atom is 0.269 e. The lowest BCUT2D eigenvalue weighted by molar-refractivity contribution is -0.384. The second-order valence-corrected chi connectivity index (χ2v) is 5.95. The Morgan fingerprint density at radius 1 is 1.32 bits per heavy atom. The van der Waals surface area contributed by atoms with Gasteiger partial charge in [0.25, 0.3) is 5.69 Å². The number of thiophene rings is 1. The van der Waals surface area contributed by atoms with Crippen LogP contribution in [0.4, 0.5) is 5.69 Å². The Hall–Kier alpha value is -2.03. The van der Waals surface area contributed by atoms with Crippen molar-refractivity contribution in [1.29, 1.82) is 0 Å². The third-order valence-corrected chi connectivity index (χ3v) is 4.11.